The van der Waals surface area contributed by atoms with Gasteiger partial charge in [0, 0.05) is 13.1 Å². The number of carbonyl (C=O) groups excluding carboxylic acids is 1. The van der Waals surface area contributed by atoms with Gasteiger partial charge in [-0.05, 0) is 54.5 Å². The van der Waals surface area contributed by atoms with Crippen molar-refractivity contribution in [1.29, 1.82) is 0 Å². The summed E-state index contributed by atoms with van der Waals surface area (Å²) < 4.78 is 0.741. The molecule has 2 fully saturated rings. The predicted octanol–water partition coefficient (Wildman–Crippen LogP) is 3.89. The molecular weight excluding hydrogens is 372 g/mol. The molecule has 1 saturated carbocycles. The molecule has 0 bridgehead atoms. The topological polar surface area (TPSA) is 70.5 Å². The lowest BCUT2D eigenvalue weighted by molar-refractivity contribution is -0.131. The molecule has 0 amide bonds. The Hall–Kier alpha value is -1.43. The third-order valence-electron chi connectivity index (χ3n) is 5.55. The third-order valence-corrected chi connectivity index (χ3v) is 6.50. The first-order valence-electron chi connectivity index (χ1n) is 8.54. The third kappa shape index (κ3) is 2.96. The molecule has 0 atom stereocenters. The van der Waals surface area contributed by atoms with Gasteiger partial charge in [0.15, 0.2) is 0 Å². The molecule has 1 aliphatic carbocycles. The summed E-state index contributed by atoms with van der Waals surface area (Å²) in [6.45, 7) is 5.35. The quantitative estimate of drug-likeness (QED) is 0.621. The molecule has 1 aliphatic heterocycles. The Balaban J connectivity index is 2.04. The van der Waals surface area contributed by atoms with Crippen LogP contribution in [0.25, 0.3) is 0 Å². The van der Waals surface area contributed by atoms with Crippen molar-refractivity contribution in [3.05, 3.63) is 21.4 Å². The van der Waals surface area contributed by atoms with E-state index in [-0.39, 0.29) is 5.56 Å². The number of aryl methyl sites for hydroxylation is 2. The molecular formula is C18H23BrN2O3. The van der Waals surface area contributed by atoms with Gasteiger partial charge in [-0.15, -0.1) is 0 Å². The maximum atomic E-state index is 12.3. The van der Waals surface area contributed by atoms with E-state index < -0.39 is 11.8 Å². The number of hydrogen-bond acceptors (Lipinski definition) is 4. The van der Waals surface area contributed by atoms with Crippen LogP contribution in [0.2, 0.25) is 0 Å². The number of rotatable bonds is 3. The minimum absolute atomic E-state index is 0.229. The van der Waals surface area contributed by atoms with Crippen LogP contribution in [0.4, 0.5) is 5.69 Å². The van der Waals surface area contributed by atoms with E-state index in [9.17, 15) is 14.7 Å². The van der Waals surface area contributed by atoms with Crippen LogP contribution < -0.4 is 4.90 Å². The smallest absolute Gasteiger partial charge is 0.377 e. The summed E-state index contributed by atoms with van der Waals surface area (Å²) in [6, 6.07) is 0. The van der Waals surface area contributed by atoms with Crippen LogP contribution in [0.1, 0.15) is 60.3 Å². The van der Waals surface area contributed by atoms with Crippen LogP contribution in [-0.2, 0) is 4.79 Å². The first-order valence-corrected chi connectivity index (χ1v) is 9.33. The van der Waals surface area contributed by atoms with Crippen LogP contribution in [0.15, 0.2) is 4.47 Å². The molecule has 6 heteroatoms. The number of aliphatic carboxylic acids is 1. The maximum absolute atomic E-state index is 12.3. The summed E-state index contributed by atoms with van der Waals surface area (Å²) >= 11 is 3.56. The maximum Gasteiger partial charge on any atom is 0.377 e. The zero-order valence-corrected chi connectivity index (χ0v) is 15.8. The predicted molar refractivity (Wildman–Crippen MR) is 95.7 cm³/mol. The lowest BCUT2D eigenvalue weighted by Crippen LogP contribution is -2.31. The zero-order valence-electron chi connectivity index (χ0n) is 14.2. The highest BCUT2D eigenvalue weighted by Crippen LogP contribution is 2.47. The van der Waals surface area contributed by atoms with Gasteiger partial charge in [-0.2, -0.15) is 0 Å². The van der Waals surface area contributed by atoms with E-state index in [0.717, 1.165) is 35.4 Å². The number of aromatic nitrogens is 1. The zero-order chi connectivity index (χ0) is 17.5. The van der Waals surface area contributed by atoms with Crippen LogP contribution in [0.5, 0.6) is 0 Å². The first-order chi connectivity index (χ1) is 11.3. The molecule has 0 unspecified atom stereocenters. The molecule has 1 aromatic rings. The van der Waals surface area contributed by atoms with Crippen molar-refractivity contribution in [2.75, 3.05) is 18.0 Å². The largest absolute Gasteiger partial charge is 0.475 e. The van der Waals surface area contributed by atoms with E-state index in [1.54, 1.807) is 6.92 Å². The summed E-state index contributed by atoms with van der Waals surface area (Å²) in [5.74, 6) is -2.30. The van der Waals surface area contributed by atoms with Gasteiger partial charge in [0.25, 0.3) is 5.78 Å². The molecule has 3 rings (SSSR count). The highest BCUT2D eigenvalue weighted by molar-refractivity contribution is 9.10. The molecule has 1 spiro atoms. The Labute approximate surface area is 150 Å². The standard InChI is InChI=1S/C18H23BrN2O3/c1-11-13(16(22)17(23)24)15(14(19)12(2)20-11)21-9-8-18(10-21)6-4-3-5-7-18/h3-10H2,1-2H3,(H,23,24). The molecule has 2 aliphatic rings. The Morgan fingerprint density at radius 3 is 2.42 bits per heavy atom. The highest BCUT2D eigenvalue weighted by Gasteiger charge is 2.41. The fraction of sp³-hybridized carbons (Fsp3) is 0.611. The Kier molecular flexibility index (Phi) is 4.69. The summed E-state index contributed by atoms with van der Waals surface area (Å²) in [7, 11) is 0. The number of ketones is 1. The molecule has 1 saturated heterocycles. The van der Waals surface area contributed by atoms with E-state index in [1.165, 1.54) is 32.1 Å². The van der Waals surface area contributed by atoms with Crippen LogP contribution in [-0.4, -0.2) is 34.9 Å². The van der Waals surface area contributed by atoms with Crippen molar-refractivity contribution in [3.63, 3.8) is 0 Å². The van der Waals surface area contributed by atoms with Crippen LogP contribution in [0.3, 0.4) is 0 Å². The van der Waals surface area contributed by atoms with E-state index >= 15 is 0 Å². The number of hydrogen-bond donors (Lipinski definition) is 1. The van der Waals surface area contributed by atoms with Crippen molar-refractivity contribution in [3.8, 4) is 0 Å². The Morgan fingerprint density at radius 2 is 1.79 bits per heavy atom. The molecule has 130 valence electrons. The molecule has 2 heterocycles. The van der Waals surface area contributed by atoms with Gasteiger partial charge in [-0.25, -0.2) is 4.79 Å². The van der Waals surface area contributed by atoms with Crippen molar-refractivity contribution < 1.29 is 14.7 Å². The van der Waals surface area contributed by atoms with Crippen molar-refractivity contribution >= 4 is 33.4 Å². The van der Waals surface area contributed by atoms with E-state index in [0.29, 0.717) is 11.1 Å². The Morgan fingerprint density at radius 1 is 1.12 bits per heavy atom. The van der Waals surface area contributed by atoms with Gasteiger partial charge < -0.3 is 10.0 Å². The number of pyridine rings is 1. The number of halogens is 1. The fourth-order valence-electron chi connectivity index (χ4n) is 4.32. The van der Waals surface area contributed by atoms with Crippen molar-refractivity contribution in [2.24, 2.45) is 5.41 Å². The number of carboxylic acids is 1. The van der Waals surface area contributed by atoms with Gasteiger partial charge in [0.2, 0.25) is 0 Å². The number of carbonyl (C=O) groups is 2. The van der Waals surface area contributed by atoms with Gasteiger partial charge in [0.1, 0.15) is 0 Å². The Bertz CT molecular complexity index is 696. The van der Waals surface area contributed by atoms with E-state index in [1.807, 2.05) is 6.92 Å². The summed E-state index contributed by atoms with van der Waals surface area (Å²) in [5.41, 5.74) is 2.55. The monoisotopic (exact) mass is 394 g/mol. The summed E-state index contributed by atoms with van der Waals surface area (Å²) in [4.78, 5) is 30.1. The van der Waals surface area contributed by atoms with Gasteiger partial charge in [0.05, 0.1) is 27.1 Å². The van der Waals surface area contributed by atoms with Crippen molar-refractivity contribution in [2.45, 2.75) is 52.4 Å². The molecule has 1 N–H and O–H groups in total. The molecule has 1 aromatic heterocycles. The average Bonchev–Trinajstić information content (AvgIpc) is 2.93. The molecule has 24 heavy (non-hydrogen) atoms. The van der Waals surface area contributed by atoms with Gasteiger partial charge in [-0.1, -0.05) is 19.3 Å². The SMILES string of the molecule is Cc1nc(C)c(C(=O)C(=O)O)c(N2CCC3(CCCCC3)C2)c1Br. The fourth-order valence-corrected chi connectivity index (χ4v) is 4.86. The normalized spacial score (nSPS) is 19.7. The average molecular weight is 395 g/mol. The second-order valence-electron chi connectivity index (χ2n) is 7.19. The molecule has 0 radical (unpaired) electrons. The number of anilines is 1. The lowest BCUT2D eigenvalue weighted by Gasteiger charge is -2.34. The van der Waals surface area contributed by atoms with E-state index in [4.69, 9.17) is 0 Å². The van der Waals surface area contributed by atoms with E-state index in [2.05, 4.69) is 25.8 Å². The van der Waals surface area contributed by atoms with Crippen molar-refractivity contribution in [1.82, 2.24) is 4.98 Å². The lowest BCUT2D eigenvalue weighted by atomic mass is 9.73. The first kappa shape index (κ1) is 17.4. The van der Waals surface area contributed by atoms with Gasteiger partial charge >= 0.3 is 5.97 Å². The number of carboxylic acid groups (broad SMARTS) is 1. The second kappa shape index (κ2) is 6.47. The minimum atomic E-state index is -1.43. The summed E-state index contributed by atoms with van der Waals surface area (Å²) in [5, 5.41) is 9.22. The molecule has 5 nitrogen and oxygen atoms in total. The van der Waals surface area contributed by atoms with Crippen LogP contribution >= 0.6 is 15.9 Å². The van der Waals surface area contributed by atoms with Gasteiger partial charge in [-0.3, -0.25) is 9.78 Å². The highest BCUT2D eigenvalue weighted by atomic mass is 79.9. The number of nitrogens with zero attached hydrogens (tertiary/aromatic N) is 2. The second-order valence-corrected chi connectivity index (χ2v) is 7.98. The summed E-state index contributed by atoms with van der Waals surface area (Å²) in [6.07, 6.45) is 7.41. The molecule has 0 aromatic carbocycles. The van der Waals surface area contributed by atoms with Crippen LogP contribution in [0, 0.1) is 19.3 Å². The minimum Gasteiger partial charge on any atom is -0.475 e. The number of Topliss-reactive ketones (excluding diaryl/α,β-unsaturated/α-hetero) is 1.